The van der Waals surface area contributed by atoms with Gasteiger partial charge in [-0.15, -0.1) is 13.2 Å². The summed E-state index contributed by atoms with van der Waals surface area (Å²) in [4.78, 5) is 24.7. The fourth-order valence-electron chi connectivity index (χ4n) is 3.30. The van der Waals surface area contributed by atoms with Crippen molar-refractivity contribution in [2.24, 2.45) is 0 Å². The van der Waals surface area contributed by atoms with Gasteiger partial charge in [0.25, 0.3) is 5.91 Å². The number of oxazole rings is 1. The second-order valence-electron chi connectivity index (χ2n) is 6.77. The highest BCUT2D eigenvalue weighted by atomic mass is 19.4. The molecule has 1 aliphatic rings. The van der Waals surface area contributed by atoms with Crippen LogP contribution < -0.4 is 14.8 Å². The zero-order valence-corrected chi connectivity index (χ0v) is 16.3. The van der Waals surface area contributed by atoms with Crippen LogP contribution in [0.3, 0.4) is 0 Å². The Kier molecular flexibility index (Phi) is 5.49. The van der Waals surface area contributed by atoms with Crippen molar-refractivity contribution in [3.05, 3.63) is 53.7 Å². The molecule has 3 aromatic heterocycles. The van der Waals surface area contributed by atoms with Crippen molar-refractivity contribution >= 4 is 5.91 Å². The highest BCUT2D eigenvalue weighted by Gasteiger charge is 2.32. The van der Waals surface area contributed by atoms with Gasteiger partial charge in [0.1, 0.15) is 5.76 Å². The van der Waals surface area contributed by atoms with Crippen LogP contribution >= 0.6 is 0 Å². The monoisotopic (exact) mass is 434 g/mol. The average molecular weight is 434 g/mol. The molecule has 1 atom stereocenters. The van der Waals surface area contributed by atoms with E-state index in [2.05, 4.69) is 25.0 Å². The maximum absolute atomic E-state index is 12.6. The Labute approximate surface area is 174 Å². The maximum Gasteiger partial charge on any atom is 0.574 e. The van der Waals surface area contributed by atoms with Crippen molar-refractivity contribution in [1.29, 1.82) is 0 Å². The number of carbonyl (C=O) groups is 1. The van der Waals surface area contributed by atoms with E-state index in [4.69, 9.17) is 9.15 Å². The molecule has 0 unspecified atom stereocenters. The molecule has 0 spiro atoms. The summed E-state index contributed by atoms with van der Waals surface area (Å²) in [6.07, 6.45) is -0.197. The van der Waals surface area contributed by atoms with Crippen molar-refractivity contribution in [3.63, 3.8) is 0 Å². The molecule has 1 N–H and O–H groups in total. The minimum Gasteiger partial charge on any atom is -0.481 e. The van der Waals surface area contributed by atoms with E-state index in [0.717, 1.165) is 24.4 Å². The Morgan fingerprint density at radius 3 is 2.74 bits per heavy atom. The number of hydrogen-bond donors (Lipinski definition) is 1. The first-order chi connectivity index (χ1) is 14.8. The summed E-state index contributed by atoms with van der Waals surface area (Å²) in [5.74, 6) is 0.0183. The van der Waals surface area contributed by atoms with Crippen LogP contribution in [-0.2, 0) is 6.42 Å². The summed E-state index contributed by atoms with van der Waals surface area (Å²) in [5.41, 5.74) is 1.38. The number of nitrogens with one attached hydrogen (secondary N) is 1. The van der Waals surface area contributed by atoms with Crippen LogP contribution in [0.4, 0.5) is 13.2 Å². The van der Waals surface area contributed by atoms with Crippen molar-refractivity contribution in [3.8, 4) is 23.2 Å². The van der Waals surface area contributed by atoms with Crippen LogP contribution in [0.1, 0.15) is 40.7 Å². The smallest absolute Gasteiger partial charge is 0.481 e. The second-order valence-corrected chi connectivity index (χ2v) is 6.77. The lowest BCUT2D eigenvalue weighted by Crippen LogP contribution is -2.30. The lowest BCUT2D eigenvalue weighted by molar-refractivity contribution is -0.276. The number of pyridine rings is 2. The molecule has 3 aromatic rings. The maximum atomic E-state index is 12.6. The molecule has 0 fully saturated rings. The third-order valence-electron chi connectivity index (χ3n) is 4.66. The van der Waals surface area contributed by atoms with Gasteiger partial charge in [0, 0.05) is 35.7 Å². The van der Waals surface area contributed by atoms with Gasteiger partial charge < -0.3 is 19.2 Å². The van der Waals surface area contributed by atoms with E-state index >= 15 is 0 Å². The van der Waals surface area contributed by atoms with Crippen molar-refractivity contribution in [1.82, 2.24) is 20.3 Å². The van der Waals surface area contributed by atoms with E-state index in [0.29, 0.717) is 35.9 Å². The number of carbonyl (C=O) groups excluding carboxylic acids is 1. The molecule has 0 radical (unpaired) electrons. The van der Waals surface area contributed by atoms with Crippen LogP contribution in [-0.4, -0.2) is 34.3 Å². The van der Waals surface area contributed by atoms with Crippen molar-refractivity contribution in [2.45, 2.75) is 31.7 Å². The van der Waals surface area contributed by atoms with Crippen molar-refractivity contribution < 1.29 is 31.9 Å². The highest BCUT2D eigenvalue weighted by molar-refractivity contribution is 5.94. The molecule has 1 aliphatic carbocycles. The minimum atomic E-state index is -4.90. The number of fused-ring (bicyclic) bond motifs is 1. The quantitative estimate of drug-likeness (QED) is 0.651. The summed E-state index contributed by atoms with van der Waals surface area (Å²) in [6.45, 7) is 0. The number of aryl methyl sites for hydroxylation is 1. The van der Waals surface area contributed by atoms with E-state index in [9.17, 15) is 18.0 Å². The number of ether oxygens (including phenoxy) is 2. The SMILES string of the molecule is COc1cc(-c2nc3c(o2)[C@@H](NC(=O)c2ccnc(OC(F)(F)F)c2)CCC3)ccn1. The Bertz CT molecular complexity index is 1100. The summed E-state index contributed by atoms with van der Waals surface area (Å²) < 4.78 is 52.1. The van der Waals surface area contributed by atoms with Gasteiger partial charge in [0.2, 0.25) is 17.7 Å². The standard InChI is InChI=1S/C20H17F3N4O4/c1-29-15-10-12(6-8-24-15)19-27-14-4-2-3-13(17(14)30-19)26-18(28)11-5-7-25-16(9-11)31-20(21,22)23/h5-10,13H,2-4H2,1H3,(H,26,28)/t13-/m0/s1. The van der Waals surface area contributed by atoms with Gasteiger partial charge in [-0.25, -0.2) is 15.0 Å². The van der Waals surface area contributed by atoms with Gasteiger partial charge in [-0.3, -0.25) is 4.79 Å². The molecule has 4 rings (SSSR count). The van der Waals surface area contributed by atoms with Gasteiger partial charge in [-0.05, 0) is 31.4 Å². The first-order valence-corrected chi connectivity index (χ1v) is 9.35. The lowest BCUT2D eigenvalue weighted by atomic mass is 9.97. The largest absolute Gasteiger partial charge is 0.574 e. The van der Waals surface area contributed by atoms with Crippen LogP contribution in [0.5, 0.6) is 11.8 Å². The zero-order valence-electron chi connectivity index (χ0n) is 16.3. The molecule has 1 amide bonds. The second kappa shape index (κ2) is 8.25. The van der Waals surface area contributed by atoms with Gasteiger partial charge in [0.05, 0.1) is 18.8 Å². The predicted molar refractivity (Wildman–Crippen MR) is 100 cm³/mol. The van der Waals surface area contributed by atoms with E-state index in [1.165, 1.54) is 13.2 Å². The number of hydrogen-bond acceptors (Lipinski definition) is 7. The molecule has 11 heteroatoms. The molecule has 162 valence electrons. The van der Waals surface area contributed by atoms with Crippen LogP contribution in [0.25, 0.3) is 11.5 Å². The molecule has 0 aromatic carbocycles. The molecule has 31 heavy (non-hydrogen) atoms. The molecular weight excluding hydrogens is 417 g/mol. The zero-order chi connectivity index (χ0) is 22.0. The summed E-state index contributed by atoms with van der Waals surface area (Å²) in [7, 11) is 1.50. The number of methoxy groups -OCH3 is 1. The average Bonchev–Trinajstić information content (AvgIpc) is 3.18. The summed E-state index contributed by atoms with van der Waals surface area (Å²) in [5, 5.41) is 2.79. The Morgan fingerprint density at radius 1 is 1.19 bits per heavy atom. The fraction of sp³-hybridized carbons (Fsp3) is 0.300. The van der Waals surface area contributed by atoms with Gasteiger partial charge in [-0.2, -0.15) is 0 Å². The Morgan fingerprint density at radius 2 is 1.97 bits per heavy atom. The topological polar surface area (TPSA) is 99.4 Å². The van der Waals surface area contributed by atoms with Crippen LogP contribution in [0.2, 0.25) is 0 Å². The molecule has 0 saturated carbocycles. The first-order valence-electron chi connectivity index (χ1n) is 9.35. The molecule has 0 bridgehead atoms. The molecule has 0 saturated heterocycles. The number of alkyl halides is 3. The first kappa shape index (κ1) is 20.6. The lowest BCUT2D eigenvalue weighted by Gasteiger charge is -2.21. The van der Waals surface area contributed by atoms with E-state index in [1.807, 2.05) is 0 Å². The molecule has 0 aliphatic heterocycles. The normalized spacial score (nSPS) is 15.8. The molecule has 8 nitrogen and oxygen atoms in total. The third-order valence-corrected chi connectivity index (χ3v) is 4.66. The van der Waals surface area contributed by atoms with Gasteiger partial charge in [-0.1, -0.05) is 0 Å². The Hall–Kier alpha value is -3.63. The minimum absolute atomic E-state index is 0.0139. The van der Waals surface area contributed by atoms with Gasteiger partial charge in [0.15, 0.2) is 0 Å². The van der Waals surface area contributed by atoms with Crippen LogP contribution in [0.15, 0.2) is 41.1 Å². The number of nitrogens with zero attached hydrogens (tertiary/aromatic N) is 3. The van der Waals surface area contributed by atoms with Gasteiger partial charge >= 0.3 is 6.36 Å². The molecule has 3 heterocycles. The number of halogens is 3. The van der Waals surface area contributed by atoms with E-state index in [1.54, 1.807) is 18.3 Å². The molecular formula is C20H17F3N4O4. The number of rotatable bonds is 5. The Balaban J connectivity index is 1.54. The van der Waals surface area contributed by atoms with E-state index in [-0.39, 0.29) is 5.56 Å². The van der Waals surface area contributed by atoms with Crippen molar-refractivity contribution in [2.75, 3.05) is 7.11 Å². The third kappa shape index (κ3) is 4.76. The van der Waals surface area contributed by atoms with E-state index < -0.39 is 24.2 Å². The fourth-order valence-corrected chi connectivity index (χ4v) is 3.30. The number of aromatic nitrogens is 3. The van der Waals surface area contributed by atoms with Crippen LogP contribution in [0, 0.1) is 0 Å². The predicted octanol–water partition coefficient (Wildman–Crippen LogP) is 3.85. The summed E-state index contributed by atoms with van der Waals surface area (Å²) in [6, 6.07) is 5.18. The number of amides is 1. The highest BCUT2D eigenvalue weighted by Crippen LogP contribution is 2.34. The summed E-state index contributed by atoms with van der Waals surface area (Å²) >= 11 is 0.